The molecule has 28 heteroatoms. The Morgan fingerprint density at radius 3 is 2.28 bits per heavy atom. The molecule has 82 heavy (non-hydrogen) atoms. The number of hydrogen-bond donors (Lipinski definition) is 7. The quantitative estimate of drug-likeness (QED) is 0.0530. The van der Waals surface area contributed by atoms with Crippen LogP contribution in [0, 0.1) is 12.8 Å². The van der Waals surface area contributed by atoms with Crippen LogP contribution in [0.15, 0.2) is 70.6 Å². The molecule has 0 saturated carbocycles. The summed E-state index contributed by atoms with van der Waals surface area (Å²) in [6.07, 6.45) is -1.78. The first-order chi connectivity index (χ1) is 39.5. The summed E-state index contributed by atoms with van der Waals surface area (Å²) in [6, 6.07) is 10.5. The molecule has 8 N–H and O–H groups in total. The van der Waals surface area contributed by atoms with Gasteiger partial charge in [-0.15, -0.1) is 68.0 Å². The third kappa shape index (κ3) is 14.0. The van der Waals surface area contributed by atoms with E-state index in [0.717, 1.165) is 4.88 Å². The lowest BCUT2D eigenvalue weighted by atomic mass is 9.90. The van der Waals surface area contributed by atoms with Gasteiger partial charge in [0.1, 0.15) is 77.2 Å². The van der Waals surface area contributed by atoms with Gasteiger partial charge >= 0.3 is 6.09 Å². The second kappa shape index (κ2) is 26.6. The van der Waals surface area contributed by atoms with Crippen LogP contribution in [0.1, 0.15) is 121 Å². The third-order valence-corrected chi connectivity index (χ3v) is 18.5. The van der Waals surface area contributed by atoms with Crippen LogP contribution in [0.5, 0.6) is 0 Å². The average Bonchev–Trinajstić information content (AvgIpc) is 4.39. The maximum Gasteiger partial charge on any atom is 0.412 e. The molecule has 4 atom stereocenters. The largest absolute Gasteiger partial charge is 0.449 e. The number of pyridine rings is 1. The van der Waals surface area contributed by atoms with Gasteiger partial charge in [-0.3, -0.25) is 29.3 Å². The van der Waals surface area contributed by atoms with Crippen molar-refractivity contribution in [3.63, 3.8) is 0 Å². The van der Waals surface area contributed by atoms with Crippen LogP contribution < -0.4 is 32.3 Å². The minimum atomic E-state index is -1.21. The van der Waals surface area contributed by atoms with E-state index in [9.17, 15) is 33.9 Å². The van der Waals surface area contributed by atoms with Crippen LogP contribution in [0.25, 0.3) is 49.1 Å². The van der Waals surface area contributed by atoms with Crippen molar-refractivity contribution in [3.8, 4) is 43.4 Å². The standard InChI is InChI=1S/C54H55N13O9S6/c1-25(2)30-17-36(68)43-27(4)81-52(67-43)32(18-40(70)56-5)59-47(73)34-22-77-48(61-34)29-14-15-31(50-63-39(24-80-50)64-54(74)76-16-10-13-38(55)69)58-44(29)33-21-78-51(60-33)35-23-79-53(62-35)45(46(72)28-11-8-7-9-12-28)65-41(71)19-57-26(3)42-37(20-75-6)82-49(30)66-42/h7-9,11-12,14-15,21-25,30,32,45-46,57,72H,3,10,13,16-20H2,1-2,4-6H3,(H2,55,69)(H,56,70)(H,59,73)(H,64,74)(H,65,71)/t30-,32+,45+,46+/m1/s1. The van der Waals surface area contributed by atoms with Crippen molar-refractivity contribution in [2.45, 2.75) is 77.2 Å². The minimum absolute atomic E-state index is 0.0200. The highest BCUT2D eigenvalue weighted by atomic mass is 32.1. The number of hydrogen-bond acceptors (Lipinski definition) is 23. The number of benzene rings is 1. The zero-order valence-electron chi connectivity index (χ0n) is 44.8. The van der Waals surface area contributed by atoms with E-state index in [4.69, 9.17) is 45.1 Å². The molecule has 0 radical (unpaired) electrons. The van der Waals surface area contributed by atoms with Crippen molar-refractivity contribution < 1.29 is 43.3 Å². The van der Waals surface area contributed by atoms with E-state index in [2.05, 4.69) is 38.1 Å². The highest BCUT2D eigenvalue weighted by molar-refractivity contribution is 7.15. The van der Waals surface area contributed by atoms with Crippen LogP contribution in [0.3, 0.4) is 0 Å². The number of ether oxygens (including phenoxy) is 2. The lowest BCUT2D eigenvalue weighted by Gasteiger charge is -2.23. The van der Waals surface area contributed by atoms with Gasteiger partial charge in [-0.25, -0.2) is 39.7 Å². The smallest absolute Gasteiger partial charge is 0.412 e. The number of Topliss-reactive ketones (excluding diaryl/α,β-unsaturated/α-hetero) is 1. The topological polar surface area (TPSA) is 318 Å². The Labute approximate surface area is 494 Å². The van der Waals surface area contributed by atoms with Gasteiger partial charge < -0.3 is 41.6 Å². The van der Waals surface area contributed by atoms with E-state index in [0.29, 0.717) is 80.2 Å². The highest BCUT2D eigenvalue weighted by Crippen LogP contribution is 2.41. The van der Waals surface area contributed by atoms with Gasteiger partial charge in [-0.1, -0.05) is 50.8 Å². The van der Waals surface area contributed by atoms with E-state index in [-0.39, 0.29) is 86.2 Å². The Morgan fingerprint density at radius 1 is 0.805 bits per heavy atom. The Kier molecular flexibility index (Phi) is 19.1. The number of thiazole rings is 6. The third-order valence-electron chi connectivity index (χ3n) is 12.8. The summed E-state index contributed by atoms with van der Waals surface area (Å²) >= 11 is 7.51. The maximum absolute atomic E-state index is 14.4. The predicted molar refractivity (Wildman–Crippen MR) is 316 cm³/mol. The average molecular weight is 1220 g/mol. The summed E-state index contributed by atoms with van der Waals surface area (Å²) in [7, 11) is 3.05. The SMILES string of the molecule is C=C1NCC(=O)N[C@@H]([C@@H](O)c2ccccc2)c2nc(cs2)-c2nc(cs2)-c2nc(-c3nc(NC(=O)OCCCC(N)=O)cs3)ccc2-c2nc(cs2)C(=O)N[C@@H](CC(=O)NC)c2nc(c(C)s2)C(=O)C[C@H](C(C)C)c2nc1c(COC)s2. The number of anilines is 1. The summed E-state index contributed by atoms with van der Waals surface area (Å²) in [5.74, 6) is -2.40. The van der Waals surface area contributed by atoms with Gasteiger partial charge in [0.25, 0.3) is 5.91 Å². The van der Waals surface area contributed by atoms with Gasteiger partial charge in [-0.2, -0.15) is 0 Å². The molecule has 22 nitrogen and oxygen atoms in total. The monoisotopic (exact) mass is 1220 g/mol. The Morgan fingerprint density at radius 2 is 1.52 bits per heavy atom. The molecule has 0 fully saturated rings. The molecule has 0 unspecified atom stereocenters. The predicted octanol–water partition coefficient (Wildman–Crippen LogP) is 8.84. The van der Waals surface area contributed by atoms with Crippen LogP contribution in [-0.2, 0) is 30.5 Å². The van der Waals surface area contributed by atoms with Crippen molar-refractivity contribution in [2.24, 2.45) is 11.7 Å². The van der Waals surface area contributed by atoms with Crippen molar-refractivity contribution >= 4 is 115 Å². The fraction of sp³-hybridized carbons (Fsp3) is 0.315. The van der Waals surface area contributed by atoms with E-state index in [1.807, 2.05) is 19.9 Å². The molecule has 9 rings (SSSR count). The molecule has 0 saturated heterocycles. The lowest BCUT2D eigenvalue weighted by Crippen LogP contribution is -2.38. The van der Waals surface area contributed by atoms with E-state index in [1.165, 1.54) is 75.1 Å². The van der Waals surface area contributed by atoms with Crippen LogP contribution in [0.2, 0.25) is 0 Å². The molecule has 5 amide bonds. The Hall–Kier alpha value is -7.57. The molecule has 0 spiro atoms. The molecule has 7 aromatic heterocycles. The fourth-order valence-electron chi connectivity index (χ4n) is 8.53. The summed E-state index contributed by atoms with van der Waals surface area (Å²) in [5.41, 5.74) is 9.02. The van der Waals surface area contributed by atoms with Gasteiger partial charge in [0, 0.05) is 64.9 Å². The Balaban J connectivity index is 1.11. The summed E-state index contributed by atoms with van der Waals surface area (Å²) < 4.78 is 10.8. The van der Waals surface area contributed by atoms with E-state index < -0.39 is 42.0 Å². The molecule has 8 heterocycles. The number of aliphatic hydroxyl groups is 1. The zero-order valence-corrected chi connectivity index (χ0v) is 49.7. The van der Waals surface area contributed by atoms with Gasteiger partial charge in [0.2, 0.25) is 17.7 Å². The first kappa shape index (κ1) is 59.1. The molecular weight excluding hydrogens is 1170 g/mol. The lowest BCUT2D eigenvalue weighted by molar-refractivity contribution is -0.122. The fourth-order valence-corrected chi connectivity index (χ4v) is 14.1. The van der Waals surface area contributed by atoms with Crippen LogP contribution >= 0.6 is 68.0 Å². The van der Waals surface area contributed by atoms with Gasteiger partial charge in [-0.05, 0) is 37.0 Å². The number of carbonyl (C=O) groups excluding carboxylic acids is 6. The number of amides is 5. The van der Waals surface area contributed by atoms with Crippen molar-refractivity contribution in [1.82, 2.24) is 56.2 Å². The second-order valence-corrected chi connectivity index (χ2v) is 24.7. The summed E-state index contributed by atoms with van der Waals surface area (Å²) in [6.45, 7) is 9.94. The van der Waals surface area contributed by atoms with E-state index in [1.54, 1.807) is 72.0 Å². The maximum atomic E-state index is 14.4. The summed E-state index contributed by atoms with van der Waals surface area (Å²) in [4.78, 5) is 115. The number of carbonyl (C=O) groups is 6. The number of primary amides is 1. The molecule has 1 aliphatic rings. The second-order valence-electron chi connectivity index (χ2n) is 18.9. The van der Waals surface area contributed by atoms with E-state index >= 15 is 0 Å². The zero-order chi connectivity index (χ0) is 58.2. The van der Waals surface area contributed by atoms with Gasteiger partial charge in [0.15, 0.2) is 5.78 Å². The number of ketones is 1. The van der Waals surface area contributed by atoms with Crippen molar-refractivity contribution in [1.29, 1.82) is 0 Å². The van der Waals surface area contributed by atoms with Crippen LogP contribution in [-0.4, -0.2) is 103 Å². The molecule has 10 bridgehead atoms. The summed E-state index contributed by atoms with van der Waals surface area (Å²) in [5, 5.41) is 35.8. The number of fused-ring (bicyclic) bond motifs is 14. The molecule has 8 aromatic rings. The first-order valence-electron chi connectivity index (χ1n) is 25.5. The molecule has 1 aromatic carbocycles. The number of methoxy groups -OCH3 is 1. The van der Waals surface area contributed by atoms with Crippen LogP contribution in [0.4, 0.5) is 10.6 Å². The van der Waals surface area contributed by atoms with Crippen molar-refractivity contribution in [3.05, 3.63) is 118 Å². The molecule has 426 valence electrons. The normalized spacial score (nSPS) is 16.4. The molecular formula is C54H55N13O9S6. The number of rotatable bonds is 13. The highest BCUT2D eigenvalue weighted by Gasteiger charge is 2.32. The number of aromatic nitrogens is 7. The number of nitrogens with zero attached hydrogens (tertiary/aromatic N) is 7. The Bertz CT molecular complexity index is 3660. The van der Waals surface area contributed by atoms with Crippen molar-refractivity contribution in [2.75, 3.05) is 32.6 Å². The number of aliphatic hydroxyl groups excluding tert-OH is 1. The number of nitrogens with two attached hydrogens (primary N) is 1. The molecule has 0 aliphatic carbocycles. The molecule has 1 aliphatic heterocycles. The number of aryl methyl sites for hydroxylation is 1. The minimum Gasteiger partial charge on any atom is -0.449 e. The number of nitrogens with one attached hydrogen (secondary N) is 5. The van der Waals surface area contributed by atoms with Gasteiger partial charge in [0.05, 0.1) is 53.5 Å². The first-order valence-corrected chi connectivity index (χ1v) is 30.6.